The van der Waals surface area contributed by atoms with Crippen molar-refractivity contribution < 1.29 is 33.7 Å². The fourth-order valence-electron chi connectivity index (χ4n) is 0.783. The summed E-state index contributed by atoms with van der Waals surface area (Å²) in [4.78, 5) is 9.53. The summed E-state index contributed by atoms with van der Waals surface area (Å²) < 4.78 is 31.2. The minimum atomic E-state index is -4.27. The Morgan fingerprint density at radius 1 is 1.39 bits per heavy atom. The van der Waals surface area contributed by atoms with Crippen LogP contribution in [0.3, 0.4) is 0 Å². The van der Waals surface area contributed by atoms with Gasteiger partial charge in [0.2, 0.25) is 6.04 Å². The maximum atomic E-state index is 10.4. The molecule has 0 heterocycles. The molecule has 0 aliphatic rings. The van der Waals surface area contributed by atoms with E-state index in [-0.39, 0.29) is 4.90 Å². The lowest BCUT2D eigenvalue weighted by Crippen LogP contribution is -2.66. The van der Waals surface area contributed by atoms with Gasteiger partial charge in [-0.3, -0.25) is 0 Å². The van der Waals surface area contributed by atoms with E-state index in [0.29, 0.717) is 0 Å². The number of aliphatic hydroxyl groups excluding tert-OH is 1. The van der Waals surface area contributed by atoms with E-state index in [9.17, 15) is 17.8 Å². The molecule has 5 N–H and O–H groups in total. The van der Waals surface area contributed by atoms with Crippen LogP contribution in [-0.4, -0.2) is 41.8 Å². The molecule has 1 atom stereocenters. The molecule has 0 saturated heterocycles. The number of carboxylic acids is 1. The zero-order valence-corrected chi connectivity index (χ0v) is 10.6. The van der Waals surface area contributed by atoms with Crippen LogP contribution in [-0.2, 0) is 14.9 Å². The molecule has 1 aromatic carbocycles. The molecule has 0 aliphatic carbocycles. The third-order valence-corrected chi connectivity index (χ3v) is 2.73. The van der Waals surface area contributed by atoms with Crippen LogP contribution in [0.2, 0.25) is 0 Å². The molecule has 0 radical (unpaired) electrons. The molecule has 7 nitrogen and oxygen atoms in total. The molecule has 1 rings (SSSR count). The maximum Gasteiger partial charge on any atom is 0.364 e. The first kappa shape index (κ1) is 16.5. The first-order chi connectivity index (χ1) is 8.18. The number of aliphatic carboxylic acids is 1. The lowest BCUT2D eigenvalue weighted by Gasteiger charge is -2.05. The smallest absolute Gasteiger partial charge is 0.364 e. The zero-order chi connectivity index (χ0) is 14.3. The summed E-state index contributed by atoms with van der Waals surface area (Å²) in [5.41, 5.74) is 4.03. The molecule has 0 amide bonds. The molecule has 0 aliphatic heterocycles. The quantitative estimate of drug-likeness (QED) is 0.578. The number of aliphatic hydroxyl groups is 1. The van der Waals surface area contributed by atoms with E-state index in [1.807, 2.05) is 6.92 Å². The first-order valence-electron chi connectivity index (χ1n) is 4.87. The first-order valence-corrected chi connectivity index (χ1v) is 6.28. The second kappa shape index (κ2) is 7.07. The van der Waals surface area contributed by atoms with Gasteiger partial charge in [-0.05, 0) is 19.1 Å². The normalized spacial score (nSPS) is 12.2. The third kappa shape index (κ3) is 6.30. The topological polar surface area (TPSA) is 142 Å². The zero-order valence-electron chi connectivity index (χ0n) is 9.74. The monoisotopic (exact) mass is 277 g/mol. The van der Waals surface area contributed by atoms with Crippen LogP contribution in [0.15, 0.2) is 29.2 Å². The summed E-state index contributed by atoms with van der Waals surface area (Å²) >= 11 is 0. The Bertz CT molecular complexity index is 482. The van der Waals surface area contributed by atoms with E-state index >= 15 is 0 Å². The number of quaternary nitrogens is 1. The average Bonchev–Trinajstić information content (AvgIpc) is 2.28. The predicted octanol–water partition coefficient (Wildman–Crippen LogP) is -1.43. The van der Waals surface area contributed by atoms with Crippen molar-refractivity contribution in [2.45, 2.75) is 17.9 Å². The summed E-state index contributed by atoms with van der Waals surface area (Å²) in [6.07, 6.45) is 0. The van der Waals surface area contributed by atoms with Gasteiger partial charge in [-0.25, -0.2) is 13.2 Å². The number of carbonyl (C=O) groups is 1. The SMILES string of the molecule is Cc1ccc(S(=O)(=O)[O-])cc1.[NH3+][C@@H](CO)C(=O)O. The number of hydrogen-bond donors (Lipinski definition) is 3. The van der Waals surface area contributed by atoms with Gasteiger partial charge in [0, 0.05) is 0 Å². The maximum absolute atomic E-state index is 10.4. The Kier molecular flexibility index (Phi) is 6.48. The van der Waals surface area contributed by atoms with Gasteiger partial charge >= 0.3 is 5.97 Å². The Morgan fingerprint density at radius 2 is 1.83 bits per heavy atom. The summed E-state index contributed by atoms with van der Waals surface area (Å²) in [5, 5.41) is 16.0. The van der Waals surface area contributed by atoms with Crippen molar-refractivity contribution in [2.24, 2.45) is 0 Å². The van der Waals surface area contributed by atoms with Crippen molar-refractivity contribution in [1.29, 1.82) is 0 Å². The number of aryl methyl sites for hydroxylation is 1. The largest absolute Gasteiger partial charge is 0.744 e. The van der Waals surface area contributed by atoms with Gasteiger partial charge in [0.05, 0.1) is 4.90 Å². The van der Waals surface area contributed by atoms with Gasteiger partial charge in [0.15, 0.2) is 0 Å². The van der Waals surface area contributed by atoms with Crippen molar-refractivity contribution in [2.75, 3.05) is 6.61 Å². The molecule has 0 unspecified atom stereocenters. The van der Waals surface area contributed by atoms with Gasteiger partial charge in [-0.1, -0.05) is 17.7 Å². The number of hydrogen-bond acceptors (Lipinski definition) is 5. The Labute approximate surface area is 105 Å². The summed E-state index contributed by atoms with van der Waals surface area (Å²) in [6, 6.07) is 4.91. The van der Waals surface area contributed by atoms with Crippen LogP contribution in [0.4, 0.5) is 0 Å². The van der Waals surface area contributed by atoms with E-state index in [2.05, 4.69) is 5.73 Å². The van der Waals surface area contributed by atoms with Crippen molar-refractivity contribution in [3.8, 4) is 0 Å². The molecule has 0 aromatic heterocycles. The van der Waals surface area contributed by atoms with Crippen LogP contribution in [0.5, 0.6) is 0 Å². The standard InChI is InChI=1S/C7H8O3S.C3H7NO3/c1-6-2-4-7(5-3-6)11(8,9)10;4-2(1-5)3(6)7/h2-5H,1H3,(H,8,9,10);2,5H,1,4H2,(H,6,7)/t;2-/m.0/s1. The highest BCUT2D eigenvalue weighted by atomic mass is 32.2. The van der Waals surface area contributed by atoms with Crippen molar-refractivity contribution in [3.63, 3.8) is 0 Å². The molecular formula is C10H15NO6S. The third-order valence-electron chi connectivity index (χ3n) is 1.88. The predicted molar refractivity (Wildman–Crippen MR) is 60.5 cm³/mol. The van der Waals surface area contributed by atoms with E-state index in [1.165, 1.54) is 12.1 Å². The minimum Gasteiger partial charge on any atom is -0.744 e. The van der Waals surface area contributed by atoms with E-state index in [1.54, 1.807) is 12.1 Å². The number of benzene rings is 1. The summed E-state index contributed by atoms with van der Waals surface area (Å²) in [7, 11) is -4.27. The second-order valence-electron chi connectivity index (χ2n) is 3.48. The van der Waals surface area contributed by atoms with Crippen molar-refractivity contribution in [3.05, 3.63) is 29.8 Å². The van der Waals surface area contributed by atoms with Gasteiger partial charge in [-0.15, -0.1) is 0 Å². The van der Waals surface area contributed by atoms with Crippen LogP contribution in [0.1, 0.15) is 5.56 Å². The molecule has 0 bridgehead atoms. The van der Waals surface area contributed by atoms with Crippen LogP contribution < -0.4 is 5.73 Å². The molecule has 1 aromatic rings. The fraction of sp³-hybridized carbons (Fsp3) is 0.300. The second-order valence-corrected chi connectivity index (χ2v) is 4.86. The van der Waals surface area contributed by atoms with Gasteiger partial charge in [0.25, 0.3) is 0 Å². The van der Waals surface area contributed by atoms with E-state index < -0.39 is 28.7 Å². The van der Waals surface area contributed by atoms with Gasteiger partial charge < -0.3 is 20.5 Å². The minimum absolute atomic E-state index is 0.178. The van der Waals surface area contributed by atoms with E-state index in [4.69, 9.17) is 10.2 Å². The molecule has 0 fully saturated rings. The van der Waals surface area contributed by atoms with Crippen molar-refractivity contribution in [1.82, 2.24) is 0 Å². The van der Waals surface area contributed by atoms with E-state index in [0.717, 1.165) is 5.56 Å². The molecule has 8 heteroatoms. The highest BCUT2D eigenvalue weighted by Gasteiger charge is 2.11. The van der Waals surface area contributed by atoms with Crippen LogP contribution >= 0.6 is 0 Å². The number of rotatable bonds is 3. The highest BCUT2D eigenvalue weighted by Crippen LogP contribution is 2.08. The van der Waals surface area contributed by atoms with Crippen LogP contribution in [0, 0.1) is 6.92 Å². The molecule has 0 saturated carbocycles. The lowest BCUT2D eigenvalue weighted by molar-refractivity contribution is -0.412. The highest BCUT2D eigenvalue weighted by molar-refractivity contribution is 7.85. The molecule has 0 spiro atoms. The number of carboxylic acid groups (broad SMARTS) is 1. The average molecular weight is 277 g/mol. The lowest BCUT2D eigenvalue weighted by atomic mass is 10.2. The van der Waals surface area contributed by atoms with Crippen LogP contribution in [0.25, 0.3) is 0 Å². The summed E-state index contributed by atoms with van der Waals surface area (Å²) in [5.74, 6) is -1.07. The molecular weight excluding hydrogens is 262 g/mol. The van der Waals surface area contributed by atoms with Gasteiger partial charge in [0.1, 0.15) is 16.7 Å². The summed E-state index contributed by atoms with van der Waals surface area (Å²) in [6.45, 7) is 1.43. The molecule has 102 valence electrons. The molecule has 18 heavy (non-hydrogen) atoms. The van der Waals surface area contributed by atoms with Gasteiger partial charge in [-0.2, -0.15) is 0 Å². The van der Waals surface area contributed by atoms with Crippen molar-refractivity contribution >= 4 is 16.1 Å². The fourth-order valence-corrected chi connectivity index (χ4v) is 1.25. The Morgan fingerprint density at radius 3 is 2.06 bits per heavy atom. The Hall–Kier alpha value is -1.48. The Balaban J connectivity index is 0.000000360.